The third-order valence-electron chi connectivity index (χ3n) is 5.28. The van der Waals surface area contributed by atoms with Gasteiger partial charge in [-0.3, -0.25) is 9.48 Å². The van der Waals surface area contributed by atoms with E-state index in [2.05, 4.69) is 20.4 Å². The van der Waals surface area contributed by atoms with Crippen molar-refractivity contribution in [1.82, 2.24) is 19.7 Å². The number of thiazole rings is 1. The first-order chi connectivity index (χ1) is 18.9. The average Bonchev–Trinajstić information content (AvgIpc) is 3.62. The maximum Gasteiger partial charge on any atom is 0.275 e. The highest BCUT2D eigenvalue weighted by molar-refractivity contribution is 7.11. The van der Waals surface area contributed by atoms with Crippen molar-refractivity contribution in [2.45, 2.75) is 72.8 Å². The van der Waals surface area contributed by atoms with E-state index in [0.29, 0.717) is 10.6 Å². The minimum atomic E-state index is -0.845. The lowest BCUT2D eigenvalue weighted by atomic mass is 9.96. The van der Waals surface area contributed by atoms with E-state index in [1.54, 1.807) is 17.8 Å². The van der Waals surface area contributed by atoms with Gasteiger partial charge in [-0.05, 0) is 31.9 Å². The van der Waals surface area contributed by atoms with E-state index in [1.165, 1.54) is 11.6 Å². The Morgan fingerprint density at radius 2 is 1.82 bits per heavy atom. The predicted molar refractivity (Wildman–Crippen MR) is 154 cm³/mol. The van der Waals surface area contributed by atoms with Gasteiger partial charge in [0.25, 0.3) is 5.91 Å². The van der Waals surface area contributed by atoms with E-state index in [4.69, 9.17) is 16.2 Å². The van der Waals surface area contributed by atoms with E-state index in [9.17, 15) is 13.6 Å². The van der Waals surface area contributed by atoms with E-state index in [0.717, 1.165) is 61.8 Å². The van der Waals surface area contributed by atoms with Crippen molar-refractivity contribution >= 4 is 34.7 Å². The van der Waals surface area contributed by atoms with Gasteiger partial charge in [-0.1, -0.05) is 47.0 Å². The number of nitrogens with two attached hydrogens (primary N) is 1. The van der Waals surface area contributed by atoms with Gasteiger partial charge in [-0.2, -0.15) is 9.49 Å². The SMILES string of the molecule is CC.CC.CCO.N=C/C(=C\N)c1nc(C(=O)Nc2cn(C3CCCCC3)nc2-c2nc(F)ccc2F)cs1. The van der Waals surface area contributed by atoms with Gasteiger partial charge in [0.2, 0.25) is 5.95 Å². The number of hydrogen-bond acceptors (Lipinski definition) is 8. The van der Waals surface area contributed by atoms with Gasteiger partial charge >= 0.3 is 0 Å². The largest absolute Gasteiger partial charge is 0.404 e. The van der Waals surface area contributed by atoms with Gasteiger partial charge in [0.1, 0.15) is 22.1 Å². The van der Waals surface area contributed by atoms with Crippen LogP contribution >= 0.6 is 11.3 Å². The fourth-order valence-corrected chi connectivity index (χ4v) is 4.45. The van der Waals surface area contributed by atoms with Crippen LogP contribution < -0.4 is 11.1 Å². The first kappa shape index (κ1) is 33.5. The summed E-state index contributed by atoms with van der Waals surface area (Å²) >= 11 is 1.16. The monoisotopic (exact) mass is 563 g/mol. The van der Waals surface area contributed by atoms with Crippen molar-refractivity contribution < 1.29 is 18.7 Å². The smallest absolute Gasteiger partial charge is 0.275 e. The molecule has 0 unspecified atom stereocenters. The van der Waals surface area contributed by atoms with Crippen molar-refractivity contribution in [3.05, 3.63) is 52.4 Å². The normalized spacial score (nSPS) is 13.1. The van der Waals surface area contributed by atoms with Crippen LogP contribution in [0.5, 0.6) is 0 Å². The number of nitrogens with one attached hydrogen (secondary N) is 2. The molecule has 39 heavy (non-hydrogen) atoms. The molecule has 1 amide bonds. The molecule has 9 nitrogen and oxygen atoms in total. The zero-order valence-corrected chi connectivity index (χ0v) is 24.0. The van der Waals surface area contributed by atoms with Crippen molar-refractivity contribution in [3.63, 3.8) is 0 Å². The van der Waals surface area contributed by atoms with Crippen LogP contribution in [0.4, 0.5) is 14.5 Å². The summed E-state index contributed by atoms with van der Waals surface area (Å²) < 4.78 is 29.9. The van der Waals surface area contributed by atoms with Crippen LogP contribution in [0.2, 0.25) is 0 Å². The number of nitrogens with zero attached hydrogens (tertiary/aromatic N) is 4. The van der Waals surface area contributed by atoms with Crippen LogP contribution in [0.15, 0.2) is 29.9 Å². The summed E-state index contributed by atoms with van der Waals surface area (Å²) in [5, 5.41) is 24.1. The van der Waals surface area contributed by atoms with Crippen LogP contribution in [0.1, 0.15) is 88.3 Å². The summed E-state index contributed by atoms with van der Waals surface area (Å²) in [4.78, 5) is 20.7. The van der Waals surface area contributed by atoms with Gasteiger partial charge in [0.15, 0.2) is 5.82 Å². The van der Waals surface area contributed by atoms with E-state index < -0.39 is 17.7 Å². The quantitative estimate of drug-likeness (QED) is 0.201. The average molecular weight is 564 g/mol. The number of aliphatic hydroxyl groups excluding tert-OH is 1. The number of amides is 1. The second-order valence-electron chi connectivity index (χ2n) is 7.70. The summed E-state index contributed by atoms with van der Waals surface area (Å²) in [7, 11) is 0. The highest BCUT2D eigenvalue weighted by Gasteiger charge is 2.24. The van der Waals surface area contributed by atoms with Gasteiger partial charge in [-0.15, -0.1) is 11.3 Å². The molecular formula is C27H39F2N7O2S. The molecule has 0 radical (unpaired) electrons. The van der Waals surface area contributed by atoms with Gasteiger partial charge in [0.05, 0.1) is 11.7 Å². The Labute approximate surface area is 232 Å². The van der Waals surface area contributed by atoms with Crippen molar-refractivity contribution in [2.24, 2.45) is 5.73 Å². The molecule has 0 saturated heterocycles. The van der Waals surface area contributed by atoms with E-state index >= 15 is 0 Å². The first-order valence-electron chi connectivity index (χ1n) is 13.1. The molecular weight excluding hydrogens is 524 g/mol. The van der Waals surface area contributed by atoms with Crippen LogP contribution in [0.25, 0.3) is 17.0 Å². The third kappa shape index (κ3) is 9.32. The maximum absolute atomic E-state index is 14.5. The van der Waals surface area contributed by atoms with Gasteiger partial charge < -0.3 is 21.6 Å². The fourth-order valence-electron chi connectivity index (χ4n) is 3.65. The summed E-state index contributed by atoms with van der Waals surface area (Å²) in [6.07, 6.45) is 9.01. The second-order valence-corrected chi connectivity index (χ2v) is 8.56. The summed E-state index contributed by atoms with van der Waals surface area (Å²) in [6, 6.07) is 2.02. The number of halogens is 2. The molecule has 0 atom stereocenters. The molecule has 1 fully saturated rings. The van der Waals surface area contributed by atoms with Crippen LogP contribution in [0.3, 0.4) is 0 Å². The Morgan fingerprint density at radius 3 is 2.41 bits per heavy atom. The lowest BCUT2D eigenvalue weighted by Gasteiger charge is -2.21. The zero-order chi connectivity index (χ0) is 29.4. The van der Waals surface area contributed by atoms with Gasteiger partial charge in [0, 0.05) is 36.2 Å². The molecule has 0 bridgehead atoms. The standard InChI is InChI=1S/C21H21F2N7OS.C2H6O.2C2H6/c22-14-6-7-17(23)28-18(14)19-15(10-30(29-19)13-4-2-1-3-5-13)26-20(31)16-11-32-21(27-16)12(8-24)9-25;1-2-3;2*1-2/h6-11,13,24H,1-5,25H2,(H,26,31);3H,2H2,1H3;2*1-2H3/b12-9+,24-8?;;;. The summed E-state index contributed by atoms with van der Waals surface area (Å²) in [5.74, 6) is -2.13. The lowest BCUT2D eigenvalue weighted by Crippen LogP contribution is -2.14. The molecule has 1 aliphatic carbocycles. The lowest BCUT2D eigenvalue weighted by molar-refractivity contribution is 0.102. The van der Waals surface area contributed by atoms with Crippen molar-refractivity contribution in [1.29, 1.82) is 5.41 Å². The minimum absolute atomic E-state index is 0.0541. The number of anilines is 1. The molecule has 4 rings (SSSR count). The summed E-state index contributed by atoms with van der Waals surface area (Å²) in [5.41, 5.74) is 5.96. The molecule has 5 N–H and O–H groups in total. The Hall–Kier alpha value is -3.51. The Bertz CT molecular complexity index is 1200. The molecule has 1 saturated carbocycles. The first-order valence-corrected chi connectivity index (χ1v) is 14.0. The molecule has 3 heterocycles. The third-order valence-corrected chi connectivity index (χ3v) is 6.18. The molecule has 3 aromatic rings. The summed E-state index contributed by atoms with van der Waals surface area (Å²) in [6.45, 7) is 9.93. The number of aliphatic hydroxyl groups is 1. The number of carbonyl (C=O) groups is 1. The number of rotatable bonds is 6. The molecule has 3 aromatic heterocycles. The second kappa shape index (κ2) is 17.9. The van der Waals surface area contributed by atoms with Crippen LogP contribution in [-0.4, -0.2) is 43.6 Å². The zero-order valence-electron chi connectivity index (χ0n) is 23.2. The molecule has 1 aliphatic rings. The fraction of sp³-hybridized carbons (Fsp3) is 0.444. The maximum atomic E-state index is 14.5. The molecule has 12 heteroatoms. The Balaban J connectivity index is 0.000000996. The Kier molecular flexibility index (Phi) is 15.4. The van der Waals surface area contributed by atoms with Crippen molar-refractivity contribution in [3.8, 4) is 11.4 Å². The highest BCUT2D eigenvalue weighted by atomic mass is 32.1. The minimum Gasteiger partial charge on any atom is -0.404 e. The predicted octanol–water partition coefficient (Wildman–Crippen LogP) is 6.44. The molecule has 0 aliphatic heterocycles. The Morgan fingerprint density at radius 1 is 1.18 bits per heavy atom. The van der Waals surface area contributed by atoms with E-state index in [-0.39, 0.29) is 35.4 Å². The van der Waals surface area contributed by atoms with Crippen molar-refractivity contribution in [2.75, 3.05) is 11.9 Å². The van der Waals surface area contributed by atoms with Gasteiger partial charge in [-0.25, -0.2) is 14.4 Å². The number of pyridine rings is 1. The van der Waals surface area contributed by atoms with E-state index in [1.807, 2.05) is 27.7 Å². The molecule has 0 aromatic carbocycles. The van der Waals surface area contributed by atoms with Crippen LogP contribution in [-0.2, 0) is 0 Å². The number of allylic oxidation sites excluding steroid dienone is 1. The highest BCUT2D eigenvalue weighted by Crippen LogP contribution is 2.33. The van der Waals surface area contributed by atoms with Crippen LogP contribution in [0, 0.1) is 17.2 Å². The number of carbonyl (C=O) groups excluding carboxylic acids is 1. The molecule has 214 valence electrons. The number of aromatic nitrogens is 4. The topological polar surface area (TPSA) is 143 Å². The number of hydrogen-bond donors (Lipinski definition) is 4. The molecule has 0 spiro atoms.